The highest BCUT2D eigenvalue weighted by molar-refractivity contribution is 5.76. The van der Waals surface area contributed by atoms with Gasteiger partial charge in [0.2, 0.25) is 0 Å². The number of hydrogen-bond acceptors (Lipinski definition) is 6. The summed E-state index contributed by atoms with van der Waals surface area (Å²) in [5, 5.41) is 17.1. The maximum absolute atomic E-state index is 14.3. The zero-order valence-electron chi connectivity index (χ0n) is 23.6. The van der Waals surface area contributed by atoms with Gasteiger partial charge >= 0.3 is 5.97 Å². The van der Waals surface area contributed by atoms with Gasteiger partial charge in [0.15, 0.2) is 0 Å². The van der Waals surface area contributed by atoms with Crippen molar-refractivity contribution in [2.75, 3.05) is 26.3 Å². The highest BCUT2D eigenvalue weighted by Gasteiger charge is 2.50. The van der Waals surface area contributed by atoms with Crippen LogP contribution >= 0.6 is 0 Å². The van der Waals surface area contributed by atoms with Gasteiger partial charge in [0, 0.05) is 31.1 Å². The molecule has 1 spiro atoms. The number of hydrogen-bond donors (Lipinski definition) is 2. The maximum Gasteiger partial charge on any atom is 0.325 e. The molecule has 0 radical (unpaired) electrons. The molecule has 222 valence electrons. The largest absolute Gasteiger partial charge is 0.483 e. The van der Waals surface area contributed by atoms with Crippen LogP contribution in [-0.4, -0.2) is 64.9 Å². The highest BCUT2D eigenvalue weighted by atomic mass is 19.1. The maximum atomic E-state index is 14.3. The first-order valence-corrected chi connectivity index (χ1v) is 15.0. The number of pyridine rings is 1. The Balaban J connectivity index is 0.00000108. The lowest BCUT2D eigenvalue weighted by Crippen LogP contribution is -2.34. The molecule has 0 bridgehead atoms. The van der Waals surface area contributed by atoms with Crippen LogP contribution in [0.15, 0.2) is 30.3 Å². The minimum atomic E-state index is -0.950. The van der Waals surface area contributed by atoms with Gasteiger partial charge in [-0.05, 0) is 111 Å². The van der Waals surface area contributed by atoms with Gasteiger partial charge < -0.3 is 19.7 Å². The number of carboxylic acids is 1. The first-order valence-electron chi connectivity index (χ1n) is 15.0. The highest BCUT2D eigenvalue weighted by Crippen LogP contribution is 2.58. The van der Waals surface area contributed by atoms with E-state index >= 15 is 0 Å². The standard InChI is InChI=1S/C31H39FN2O4.CH2O2/c32-22-9-11-25(28-18-31(13-14-31)20-38-28)26(17-22)29(30(35)36)34-15-12-24(19-34)37-16-4-3-6-23-10-8-21-5-1-2-7-27(21)33-23;2-1-3/h8-11,17,24,28-29H,1-7,12-16,18-20H2,(H,35,36);1H,(H,2,3)/t24-,28?,29?;/m1./s1. The fourth-order valence-electron chi connectivity index (χ4n) is 6.62. The molecule has 2 aliphatic carbocycles. The van der Waals surface area contributed by atoms with Gasteiger partial charge in [0.25, 0.3) is 6.47 Å². The molecule has 1 aromatic carbocycles. The summed E-state index contributed by atoms with van der Waals surface area (Å²) in [5.41, 5.74) is 5.49. The lowest BCUT2D eigenvalue weighted by atomic mass is 9.91. The summed E-state index contributed by atoms with van der Waals surface area (Å²) in [5.74, 6) is -1.36. The average Bonchev–Trinajstić information content (AvgIpc) is 3.35. The number of nitrogens with zero attached hydrogens (tertiary/aromatic N) is 2. The molecule has 2 aromatic rings. The molecule has 2 unspecified atom stereocenters. The summed E-state index contributed by atoms with van der Waals surface area (Å²) in [6.07, 6.45) is 11.6. The molecule has 2 saturated heterocycles. The van der Waals surface area contributed by atoms with Crippen LogP contribution < -0.4 is 0 Å². The van der Waals surface area contributed by atoms with Gasteiger partial charge in [-0.2, -0.15) is 0 Å². The van der Waals surface area contributed by atoms with Crippen molar-refractivity contribution in [3.8, 4) is 0 Å². The number of unbranched alkanes of at least 4 members (excludes halogenated alkanes) is 1. The molecule has 4 aliphatic rings. The number of fused-ring (bicyclic) bond motifs is 1. The van der Waals surface area contributed by atoms with Crippen molar-refractivity contribution in [2.45, 2.75) is 88.9 Å². The Kier molecular flexibility index (Phi) is 9.68. The van der Waals surface area contributed by atoms with Crippen LogP contribution in [-0.2, 0) is 38.3 Å². The second-order valence-corrected chi connectivity index (χ2v) is 12.0. The van der Waals surface area contributed by atoms with Crippen LogP contribution in [0.4, 0.5) is 4.39 Å². The molecule has 1 saturated carbocycles. The third-order valence-electron chi connectivity index (χ3n) is 9.05. The minimum Gasteiger partial charge on any atom is -0.483 e. The molecule has 2 aliphatic heterocycles. The Morgan fingerprint density at radius 2 is 2.02 bits per heavy atom. The lowest BCUT2D eigenvalue weighted by Gasteiger charge is -2.28. The van der Waals surface area contributed by atoms with Crippen molar-refractivity contribution >= 4 is 12.4 Å². The van der Waals surface area contributed by atoms with Gasteiger partial charge in [-0.15, -0.1) is 0 Å². The van der Waals surface area contributed by atoms with E-state index < -0.39 is 17.8 Å². The van der Waals surface area contributed by atoms with Crippen molar-refractivity contribution in [2.24, 2.45) is 5.41 Å². The Morgan fingerprint density at radius 3 is 2.78 bits per heavy atom. The lowest BCUT2D eigenvalue weighted by molar-refractivity contribution is -0.143. The van der Waals surface area contributed by atoms with Crippen molar-refractivity contribution in [3.63, 3.8) is 0 Å². The van der Waals surface area contributed by atoms with Gasteiger partial charge in [-0.1, -0.05) is 12.1 Å². The smallest absolute Gasteiger partial charge is 0.325 e. The molecule has 2 N–H and O–H groups in total. The van der Waals surface area contributed by atoms with E-state index in [0.717, 1.165) is 63.4 Å². The molecule has 6 rings (SSSR count). The molecule has 3 fully saturated rings. The normalized spacial score (nSPS) is 23.4. The summed E-state index contributed by atoms with van der Waals surface area (Å²) in [4.78, 5) is 27.7. The molecular weight excluding hydrogens is 527 g/mol. The Hall–Kier alpha value is -2.88. The fraction of sp³-hybridized carbons (Fsp3) is 0.594. The number of benzene rings is 1. The minimum absolute atomic E-state index is 0.00630. The third kappa shape index (κ3) is 7.31. The third-order valence-corrected chi connectivity index (χ3v) is 9.05. The number of aryl methyl sites for hydroxylation is 3. The second kappa shape index (κ2) is 13.4. The summed E-state index contributed by atoms with van der Waals surface area (Å²) in [7, 11) is 0. The van der Waals surface area contributed by atoms with Gasteiger partial charge in [0.1, 0.15) is 11.9 Å². The molecule has 0 amide bonds. The summed E-state index contributed by atoms with van der Waals surface area (Å²) >= 11 is 0. The van der Waals surface area contributed by atoms with Crippen LogP contribution in [0, 0.1) is 11.2 Å². The van der Waals surface area contributed by atoms with E-state index in [9.17, 15) is 14.3 Å². The number of aromatic nitrogens is 1. The summed E-state index contributed by atoms with van der Waals surface area (Å²) in [6.45, 7) is 2.28. The van der Waals surface area contributed by atoms with Crippen LogP contribution in [0.5, 0.6) is 0 Å². The first-order chi connectivity index (χ1) is 19.9. The van der Waals surface area contributed by atoms with E-state index in [2.05, 4.69) is 12.1 Å². The Bertz CT molecular complexity index is 1220. The summed E-state index contributed by atoms with van der Waals surface area (Å²) < 4.78 is 26.6. The quantitative estimate of drug-likeness (QED) is 0.294. The van der Waals surface area contributed by atoms with E-state index in [4.69, 9.17) is 24.4 Å². The van der Waals surface area contributed by atoms with Crippen molar-refractivity contribution in [1.29, 1.82) is 0 Å². The zero-order chi connectivity index (χ0) is 28.8. The Labute approximate surface area is 240 Å². The van der Waals surface area contributed by atoms with Crippen LogP contribution in [0.1, 0.15) is 91.6 Å². The second-order valence-electron chi connectivity index (χ2n) is 12.0. The number of halogens is 1. The molecular formula is C32H41FN2O6. The number of carbonyl (C=O) groups is 2. The van der Waals surface area contributed by atoms with Crippen LogP contribution in [0.25, 0.3) is 0 Å². The fourth-order valence-corrected chi connectivity index (χ4v) is 6.62. The van der Waals surface area contributed by atoms with E-state index in [1.54, 1.807) is 6.07 Å². The Morgan fingerprint density at radius 1 is 1.22 bits per heavy atom. The molecule has 3 heterocycles. The predicted molar refractivity (Wildman–Crippen MR) is 150 cm³/mol. The molecule has 3 atom stereocenters. The van der Waals surface area contributed by atoms with E-state index in [-0.39, 0.29) is 24.1 Å². The van der Waals surface area contributed by atoms with Gasteiger partial charge in [0.05, 0.1) is 18.8 Å². The van der Waals surface area contributed by atoms with Crippen molar-refractivity contribution in [3.05, 3.63) is 64.2 Å². The predicted octanol–water partition coefficient (Wildman–Crippen LogP) is 5.28. The first kappa shape index (κ1) is 29.6. The number of carboxylic acid groups (broad SMARTS) is 2. The number of aliphatic carboxylic acids is 1. The average molecular weight is 569 g/mol. The van der Waals surface area contributed by atoms with E-state index in [0.29, 0.717) is 31.9 Å². The number of likely N-dealkylation sites (tertiary alicyclic amines) is 1. The van der Waals surface area contributed by atoms with Gasteiger partial charge in [-0.3, -0.25) is 19.5 Å². The van der Waals surface area contributed by atoms with E-state index in [1.165, 1.54) is 41.9 Å². The van der Waals surface area contributed by atoms with Crippen molar-refractivity contribution < 1.29 is 33.7 Å². The molecule has 9 heteroatoms. The summed E-state index contributed by atoms with van der Waals surface area (Å²) in [6, 6.07) is 8.09. The van der Waals surface area contributed by atoms with Crippen molar-refractivity contribution in [1.82, 2.24) is 9.88 Å². The molecule has 8 nitrogen and oxygen atoms in total. The zero-order valence-corrected chi connectivity index (χ0v) is 23.6. The van der Waals surface area contributed by atoms with Crippen LogP contribution in [0.3, 0.4) is 0 Å². The topological polar surface area (TPSA) is 109 Å². The van der Waals surface area contributed by atoms with Crippen LogP contribution in [0.2, 0.25) is 0 Å². The monoisotopic (exact) mass is 568 g/mol. The molecule has 41 heavy (non-hydrogen) atoms. The van der Waals surface area contributed by atoms with Gasteiger partial charge in [-0.25, -0.2) is 4.39 Å². The number of rotatable bonds is 10. The number of ether oxygens (including phenoxy) is 2. The van der Waals surface area contributed by atoms with E-state index in [1.807, 2.05) is 4.90 Å². The SMILES string of the molecule is O=C(O)C(c1cc(F)ccc1C1CC2(CC2)CO1)N1CC[C@@H](OCCCCc2ccc3c(n2)CCCC3)C1.O=CO. The molecule has 1 aromatic heterocycles.